The van der Waals surface area contributed by atoms with E-state index in [1.807, 2.05) is 30.3 Å². The van der Waals surface area contributed by atoms with Crippen LogP contribution in [0.4, 0.5) is 0 Å². The minimum atomic E-state index is -3.73. The second-order valence-corrected chi connectivity index (χ2v) is 5.74. The highest BCUT2D eigenvalue weighted by molar-refractivity contribution is 7.89. The molecule has 0 aliphatic heterocycles. The highest BCUT2D eigenvalue weighted by atomic mass is 32.2. The van der Waals surface area contributed by atoms with Crippen molar-refractivity contribution in [3.8, 4) is 0 Å². The molecule has 2 aromatic carbocycles. The first-order valence-electron chi connectivity index (χ1n) is 5.87. The summed E-state index contributed by atoms with van der Waals surface area (Å²) < 4.78 is 22.2. The summed E-state index contributed by atoms with van der Waals surface area (Å²) in [6.07, 6.45) is 3.15. The van der Waals surface area contributed by atoms with E-state index in [0.29, 0.717) is 5.56 Å². The molecule has 4 nitrogen and oxygen atoms in total. The molecule has 0 radical (unpaired) electrons. The molecule has 2 N–H and O–H groups in total. The molecular weight excluding hydrogens is 274 g/mol. The summed E-state index contributed by atoms with van der Waals surface area (Å²) in [6.45, 7) is 0. The van der Waals surface area contributed by atoms with E-state index in [0.717, 1.165) is 5.56 Å². The Morgan fingerprint density at radius 3 is 2.10 bits per heavy atom. The number of hydrogen-bond donors (Lipinski definition) is 1. The number of sulfonamides is 1. The molecule has 0 saturated carbocycles. The standard InChI is InChI=1S/C15H13NO3S/c16-20(18,19)14-9-7-13(8-10-14)15(17)11-6-12-4-2-1-3-5-12/h1-11H,(H2,16,18,19). The molecule has 0 aromatic heterocycles. The van der Waals surface area contributed by atoms with Crippen LogP contribution in [0.3, 0.4) is 0 Å². The number of hydrogen-bond acceptors (Lipinski definition) is 3. The smallest absolute Gasteiger partial charge is 0.238 e. The van der Waals surface area contributed by atoms with Crippen LogP contribution in [-0.4, -0.2) is 14.2 Å². The van der Waals surface area contributed by atoms with Crippen LogP contribution in [0.25, 0.3) is 6.08 Å². The maximum Gasteiger partial charge on any atom is 0.238 e. The zero-order valence-corrected chi connectivity index (χ0v) is 11.4. The van der Waals surface area contributed by atoms with Crippen molar-refractivity contribution in [2.24, 2.45) is 5.14 Å². The van der Waals surface area contributed by atoms with Crippen LogP contribution in [0.2, 0.25) is 0 Å². The Bertz CT molecular complexity index is 732. The van der Waals surface area contributed by atoms with Gasteiger partial charge in [-0.2, -0.15) is 0 Å². The van der Waals surface area contributed by atoms with Crippen molar-refractivity contribution >= 4 is 21.9 Å². The predicted molar refractivity (Wildman–Crippen MR) is 77.6 cm³/mol. The molecule has 5 heteroatoms. The van der Waals surface area contributed by atoms with Crippen LogP contribution in [0, 0.1) is 0 Å². The van der Waals surface area contributed by atoms with E-state index in [9.17, 15) is 13.2 Å². The average molecular weight is 287 g/mol. The molecule has 0 unspecified atom stereocenters. The minimum absolute atomic E-state index is 0.0129. The zero-order valence-electron chi connectivity index (χ0n) is 10.6. The molecule has 0 fully saturated rings. The van der Waals surface area contributed by atoms with Crippen molar-refractivity contribution in [3.05, 3.63) is 71.8 Å². The van der Waals surface area contributed by atoms with Gasteiger partial charge in [-0.3, -0.25) is 4.79 Å². The van der Waals surface area contributed by atoms with Gasteiger partial charge < -0.3 is 0 Å². The molecule has 102 valence electrons. The minimum Gasteiger partial charge on any atom is -0.289 e. The lowest BCUT2D eigenvalue weighted by molar-refractivity contribution is 0.104. The molecule has 0 heterocycles. The predicted octanol–water partition coefficient (Wildman–Crippen LogP) is 2.23. The van der Waals surface area contributed by atoms with E-state index in [-0.39, 0.29) is 10.7 Å². The van der Waals surface area contributed by atoms with Crippen LogP contribution >= 0.6 is 0 Å². The van der Waals surface area contributed by atoms with Crippen LogP contribution in [0.1, 0.15) is 15.9 Å². The summed E-state index contributed by atoms with van der Waals surface area (Å²) in [5.74, 6) is -0.199. The molecule has 0 aliphatic rings. The SMILES string of the molecule is NS(=O)(=O)c1ccc(C(=O)C=Cc2ccccc2)cc1. The topological polar surface area (TPSA) is 77.2 Å². The maximum absolute atomic E-state index is 11.9. The van der Waals surface area contributed by atoms with Crippen molar-refractivity contribution in [2.75, 3.05) is 0 Å². The number of rotatable bonds is 4. The summed E-state index contributed by atoms with van der Waals surface area (Å²) in [6, 6.07) is 14.9. The maximum atomic E-state index is 11.9. The zero-order chi connectivity index (χ0) is 14.6. The van der Waals surface area contributed by atoms with Gasteiger partial charge in [0.25, 0.3) is 0 Å². The average Bonchev–Trinajstić information content (AvgIpc) is 2.45. The Morgan fingerprint density at radius 2 is 1.55 bits per heavy atom. The molecular formula is C15H13NO3S. The first-order chi connectivity index (χ1) is 9.47. The van der Waals surface area contributed by atoms with Gasteiger partial charge in [-0.1, -0.05) is 36.4 Å². The van der Waals surface area contributed by atoms with Crippen molar-refractivity contribution in [3.63, 3.8) is 0 Å². The van der Waals surface area contributed by atoms with Gasteiger partial charge in [0.2, 0.25) is 10.0 Å². The van der Waals surface area contributed by atoms with Crippen molar-refractivity contribution in [1.29, 1.82) is 0 Å². The van der Waals surface area contributed by atoms with Crippen LogP contribution in [0.15, 0.2) is 65.6 Å². The van der Waals surface area contributed by atoms with Crippen LogP contribution < -0.4 is 5.14 Å². The molecule has 2 aromatic rings. The number of ketones is 1. The Hall–Kier alpha value is -2.24. The Balaban J connectivity index is 2.16. The van der Waals surface area contributed by atoms with Gasteiger partial charge in [0.05, 0.1) is 4.90 Å². The van der Waals surface area contributed by atoms with Gasteiger partial charge in [-0.05, 0) is 35.9 Å². The molecule has 2 rings (SSSR count). The summed E-state index contributed by atoms with van der Waals surface area (Å²) in [5.41, 5.74) is 1.33. The summed E-state index contributed by atoms with van der Waals surface area (Å²) in [7, 11) is -3.73. The molecule has 0 bridgehead atoms. The molecule has 0 spiro atoms. The van der Waals surface area contributed by atoms with E-state index in [4.69, 9.17) is 5.14 Å². The van der Waals surface area contributed by atoms with Crippen LogP contribution in [-0.2, 0) is 10.0 Å². The van der Waals surface area contributed by atoms with Gasteiger partial charge in [-0.15, -0.1) is 0 Å². The Kier molecular flexibility index (Phi) is 4.12. The molecule has 0 amide bonds. The van der Waals surface area contributed by atoms with Gasteiger partial charge in [0, 0.05) is 5.56 Å². The fourth-order valence-corrected chi connectivity index (χ4v) is 2.16. The largest absolute Gasteiger partial charge is 0.289 e. The highest BCUT2D eigenvalue weighted by Crippen LogP contribution is 2.10. The number of carbonyl (C=O) groups is 1. The van der Waals surface area contributed by atoms with Crippen molar-refractivity contribution < 1.29 is 13.2 Å². The second-order valence-electron chi connectivity index (χ2n) is 4.18. The lowest BCUT2D eigenvalue weighted by Crippen LogP contribution is -2.12. The third kappa shape index (κ3) is 3.63. The molecule has 0 aliphatic carbocycles. The first kappa shape index (κ1) is 14.2. The summed E-state index contributed by atoms with van der Waals surface area (Å²) in [4.78, 5) is 11.9. The van der Waals surface area contributed by atoms with E-state index in [2.05, 4.69) is 0 Å². The Morgan fingerprint density at radius 1 is 0.950 bits per heavy atom. The van der Waals surface area contributed by atoms with E-state index >= 15 is 0 Å². The number of primary sulfonamides is 1. The number of nitrogens with two attached hydrogens (primary N) is 1. The Labute approximate surface area is 117 Å². The lowest BCUT2D eigenvalue weighted by atomic mass is 10.1. The molecule has 0 atom stereocenters. The first-order valence-corrected chi connectivity index (χ1v) is 7.42. The summed E-state index contributed by atoms with van der Waals surface area (Å²) in [5, 5.41) is 4.99. The normalized spacial score (nSPS) is 11.7. The van der Waals surface area contributed by atoms with Gasteiger partial charge in [0.1, 0.15) is 0 Å². The lowest BCUT2D eigenvalue weighted by Gasteiger charge is -1.99. The third-order valence-corrected chi connectivity index (χ3v) is 3.62. The molecule has 20 heavy (non-hydrogen) atoms. The summed E-state index contributed by atoms with van der Waals surface area (Å²) >= 11 is 0. The monoisotopic (exact) mass is 287 g/mol. The fraction of sp³-hybridized carbons (Fsp3) is 0. The van der Waals surface area contributed by atoms with E-state index in [1.54, 1.807) is 6.08 Å². The van der Waals surface area contributed by atoms with E-state index in [1.165, 1.54) is 30.3 Å². The quantitative estimate of drug-likeness (QED) is 0.692. The van der Waals surface area contributed by atoms with Gasteiger partial charge in [-0.25, -0.2) is 13.6 Å². The van der Waals surface area contributed by atoms with Crippen molar-refractivity contribution in [1.82, 2.24) is 0 Å². The number of carbonyl (C=O) groups excluding carboxylic acids is 1. The number of allylic oxidation sites excluding steroid dienone is 1. The van der Waals surface area contributed by atoms with E-state index < -0.39 is 10.0 Å². The third-order valence-electron chi connectivity index (χ3n) is 2.69. The van der Waals surface area contributed by atoms with Gasteiger partial charge >= 0.3 is 0 Å². The second kappa shape index (κ2) is 5.81. The molecule has 0 saturated heterocycles. The fourth-order valence-electron chi connectivity index (χ4n) is 1.64. The van der Waals surface area contributed by atoms with Crippen LogP contribution in [0.5, 0.6) is 0 Å². The number of benzene rings is 2. The van der Waals surface area contributed by atoms with Gasteiger partial charge in [0.15, 0.2) is 5.78 Å². The van der Waals surface area contributed by atoms with Crippen molar-refractivity contribution in [2.45, 2.75) is 4.90 Å². The highest BCUT2D eigenvalue weighted by Gasteiger charge is 2.08.